The van der Waals surface area contributed by atoms with E-state index in [2.05, 4.69) is 100 Å². The van der Waals surface area contributed by atoms with Gasteiger partial charge in [-0.05, 0) is 71.7 Å². The third-order valence-corrected chi connectivity index (χ3v) is 15.2. The van der Waals surface area contributed by atoms with Gasteiger partial charge in [-0.3, -0.25) is 4.79 Å². The van der Waals surface area contributed by atoms with Gasteiger partial charge in [-0.2, -0.15) is 0 Å². The Morgan fingerprint density at radius 1 is 0.977 bits per heavy atom. The molecule has 1 N–H and O–H groups in total. The van der Waals surface area contributed by atoms with E-state index in [1.807, 2.05) is 0 Å². The highest BCUT2D eigenvalue weighted by Gasteiger charge is 2.50. The summed E-state index contributed by atoms with van der Waals surface area (Å²) in [5.41, 5.74) is 2.12. The van der Waals surface area contributed by atoms with E-state index in [1.54, 1.807) is 0 Å². The number of hydrogen-bond donors (Lipinski definition) is 1. The molecule has 0 amide bonds. The fourth-order valence-corrected chi connectivity index (χ4v) is 12.2. The van der Waals surface area contributed by atoms with E-state index in [4.69, 9.17) is 8.95 Å². The molecule has 2 aromatic carbocycles. The quantitative estimate of drug-likeness (QED) is 0.177. The summed E-state index contributed by atoms with van der Waals surface area (Å²) in [5, 5.41) is 17.0. The largest absolute Gasteiger partial charge is 0.481 e. The van der Waals surface area contributed by atoms with Crippen LogP contribution >= 0.6 is 0 Å². The highest BCUT2D eigenvalue weighted by Crippen LogP contribution is 2.53. The van der Waals surface area contributed by atoms with Gasteiger partial charge in [-0.1, -0.05) is 113 Å². The van der Waals surface area contributed by atoms with Crippen molar-refractivity contribution in [2.24, 2.45) is 11.8 Å². The smallest absolute Gasteiger partial charge is 0.304 e. The average molecular weight is 602 g/mol. The molecule has 5 rings (SSSR count). The van der Waals surface area contributed by atoms with Crippen molar-refractivity contribution in [2.45, 2.75) is 115 Å². The lowest BCUT2D eigenvalue weighted by Crippen LogP contribution is -2.66. The lowest BCUT2D eigenvalue weighted by atomic mass is 9.68. The van der Waals surface area contributed by atoms with Gasteiger partial charge in [-0.15, -0.1) is 0 Å². The molecule has 0 bridgehead atoms. The van der Waals surface area contributed by atoms with Gasteiger partial charge in [0.2, 0.25) is 0 Å². The van der Waals surface area contributed by atoms with E-state index in [0.29, 0.717) is 24.9 Å². The fraction of sp³-hybridized carbons (Fsp3) is 0.568. The van der Waals surface area contributed by atoms with Crippen LogP contribution in [-0.2, 0) is 9.22 Å². The SMILES string of the molecule is CCC(CC)CC1CC(c2onc(C(CCO[Si](c3ccccc3)(c3ccccc3)C(C)(C)C)CC(=O)O)c2C2CC2)C1. The summed E-state index contributed by atoms with van der Waals surface area (Å²) in [5.74, 6) is 2.50. The summed E-state index contributed by atoms with van der Waals surface area (Å²) < 4.78 is 13.3. The fourth-order valence-electron chi connectivity index (χ4n) is 7.59. The Bertz CT molecular complexity index is 1280. The maximum atomic E-state index is 12.2. The van der Waals surface area contributed by atoms with Gasteiger partial charge >= 0.3 is 5.97 Å². The maximum Gasteiger partial charge on any atom is 0.304 e. The van der Waals surface area contributed by atoms with Crippen molar-refractivity contribution in [1.29, 1.82) is 0 Å². The van der Waals surface area contributed by atoms with Gasteiger partial charge in [0, 0.05) is 24.0 Å². The highest BCUT2D eigenvalue weighted by molar-refractivity contribution is 6.99. The van der Waals surface area contributed by atoms with E-state index in [0.717, 1.165) is 36.1 Å². The molecule has 2 fully saturated rings. The second-order valence-electron chi connectivity index (χ2n) is 14.2. The Labute approximate surface area is 259 Å². The highest BCUT2D eigenvalue weighted by atomic mass is 28.4. The van der Waals surface area contributed by atoms with Gasteiger partial charge in [0.05, 0.1) is 12.1 Å². The normalized spacial score (nSPS) is 19.8. The number of carbonyl (C=O) groups is 1. The van der Waals surface area contributed by atoms with Gasteiger partial charge in [-0.25, -0.2) is 0 Å². The molecule has 0 saturated heterocycles. The lowest BCUT2D eigenvalue weighted by Gasteiger charge is -2.43. The van der Waals surface area contributed by atoms with Crippen molar-refractivity contribution in [1.82, 2.24) is 5.16 Å². The molecule has 6 heteroatoms. The number of rotatable bonds is 15. The number of nitrogens with zero attached hydrogens (tertiary/aromatic N) is 1. The Morgan fingerprint density at radius 3 is 2.05 bits per heavy atom. The standard InChI is InChI=1S/C37H51NO4Si/c1-6-26(7-2)22-27-23-30(24-27)36-34(28-18-19-28)35(38-42-36)29(25-33(39)40)20-21-41-43(37(3,4)5,31-14-10-8-11-15-31)32-16-12-9-13-17-32/h8-17,26-30H,6-7,18-25H2,1-5H3,(H,39,40). The molecule has 5 nitrogen and oxygen atoms in total. The van der Waals surface area contributed by atoms with Crippen molar-refractivity contribution in [2.75, 3.05) is 6.61 Å². The van der Waals surface area contributed by atoms with Crippen LogP contribution in [-0.4, -0.2) is 31.2 Å². The first-order valence-corrected chi connectivity index (χ1v) is 18.5. The Kier molecular flexibility index (Phi) is 9.97. The van der Waals surface area contributed by atoms with Crippen molar-refractivity contribution in [3.63, 3.8) is 0 Å². The number of hydrogen-bond acceptors (Lipinski definition) is 4. The molecular formula is C37H51NO4Si. The molecule has 2 aliphatic carbocycles. The number of aromatic nitrogens is 1. The zero-order chi connectivity index (χ0) is 30.6. The van der Waals surface area contributed by atoms with Crippen molar-refractivity contribution >= 4 is 24.7 Å². The first-order valence-electron chi connectivity index (χ1n) is 16.6. The molecule has 2 aliphatic rings. The van der Waals surface area contributed by atoms with E-state index in [9.17, 15) is 9.90 Å². The third-order valence-electron chi connectivity index (χ3n) is 10.2. The van der Waals surface area contributed by atoms with Crippen LogP contribution in [0, 0.1) is 11.8 Å². The van der Waals surface area contributed by atoms with Crippen LogP contribution in [0.1, 0.15) is 127 Å². The predicted octanol–water partition coefficient (Wildman–Crippen LogP) is 8.40. The molecule has 3 aromatic rings. The zero-order valence-corrected chi connectivity index (χ0v) is 27.9. The van der Waals surface area contributed by atoms with E-state index >= 15 is 0 Å². The molecule has 232 valence electrons. The molecule has 0 spiro atoms. The minimum absolute atomic E-state index is 0.0395. The molecule has 1 unspecified atom stereocenters. The van der Waals surface area contributed by atoms with Crippen LogP contribution in [0.2, 0.25) is 5.04 Å². The molecule has 43 heavy (non-hydrogen) atoms. The van der Waals surface area contributed by atoms with Crippen LogP contribution < -0.4 is 10.4 Å². The summed E-state index contributed by atoms with van der Waals surface area (Å²) in [6, 6.07) is 21.3. The monoisotopic (exact) mass is 601 g/mol. The molecule has 0 radical (unpaired) electrons. The Morgan fingerprint density at radius 2 is 1.56 bits per heavy atom. The van der Waals surface area contributed by atoms with Crippen molar-refractivity contribution < 1.29 is 18.9 Å². The van der Waals surface area contributed by atoms with Crippen LogP contribution in [0.3, 0.4) is 0 Å². The number of carboxylic acid groups (broad SMARTS) is 1. The lowest BCUT2D eigenvalue weighted by molar-refractivity contribution is -0.137. The number of aliphatic carboxylic acids is 1. The summed E-state index contributed by atoms with van der Waals surface area (Å²) >= 11 is 0. The summed E-state index contributed by atoms with van der Waals surface area (Å²) in [4.78, 5) is 12.2. The Balaban J connectivity index is 1.39. The van der Waals surface area contributed by atoms with Crippen LogP contribution in [0.4, 0.5) is 0 Å². The van der Waals surface area contributed by atoms with Crippen LogP contribution in [0.15, 0.2) is 65.2 Å². The van der Waals surface area contributed by atoms with E-state index in [1.165, 1.54) is 48.0 Å². The number of benzene rings is 2. The minimum Gasteiger partial charge on any atom is -0.481 e. The second kappa shape index (κ2) is 13.5. The first-order chi connectivity index (χ1) is 20.7. The molecular weight excluding hydrogens is 550 g/mol. The predicted molar refractivity (Wildman–Crippen MR) is 176 cm³/mol. The first kappa shape index (κ1) is 31.7. The topological polar surface area (TPSA) is 72.6 Å². The van der Waals surface area contributed by atoms with Gasteiger partial charge in [0.25, 0.3) is 8.32 Å². The molecule has 1 heterocycles. The Hall–Kier alpha value is -2.70. The minimum atomic E-state index is -2.71. The van der Waals surface area contributed by atoms with E-state index < -0.39 is 14.3 Å². The average Bonchev–Trinajstić information content (AvgIpc) is 3.72. The van der Waals surface area contributed by atoms with Crippen molar-refractivity contribution in [3.8, 4) is 0 Å². The molecule has 1 atom stereocenters. The third kappa shape index (κ3) is 6.86. The van der Waals surface area contributed by atoms with Crippen LogP contribution in [0.5, 0.6) is 0 Å². The summed E-state index contributed by atoms with van der Waals surface area (Å²) in [6.45, 7) is 11.9. The number of carboxylic acids is 1. The van der Waals surface area contributed by atoms with Crippen LogP contribution in [0.25, 0.3) is 0 Å². The molecule has 1 aromatic heterocycles. The summed E-state index contributed by atoms with van der Waals surface area (Å²) in [7, 11) is -2.71. The van der Waals surface area contributed by atoms with Crippen molar-refractivity contribution in [3.05, 3.63) is 77.7 Å². The van der Waals surface area contributed by atoms with Gasteiger partial charge in [0.15, 0.2) is 0 Å². The zero-order valence-electron chi connectivity index (χ0n) is 26.9. The maximum absolute atomic E-state index is 12.2. The molecule has 0 aliphatic heterocycles. The van der Waals surface area contributed by atoms with Gasteiger partial charge in [0.1, 0.15) is 5.76 Å². The van der Waals surface area contributed by atoms with Gasteiger partial charge < -0.3 is 14.1 Å². The molecule has 2 saturated carbocycles. The van der Waals surface area contributed by atoms with E-state index in [-0.39, 0.29) is 17.4 Å². The summed E-state index contributed by atoms with van der Waals surface area (Å²) in [6.07, 6.45) is 9.09. The second-order valence-corrected chi connectivity index (χ2v) is 18.5.